The fraction of sp³-hybridized carbons (Fsp3) is 0.500. The lowest BCUT2D eigenvalue weighted by atomic mass is 10.2. The van der Waals surface area contributed by atoms with E-state index in [0.29, 0.717) is 19.5 Å². The van der Waals surface area contributed by atoms with Crippen LogP contribution >= 0.6 is 0 Å². The Hall–Kier alpha value is -2.57. The van der Waals surface area contributed by atoms with Crippen LogP contribution in [0, 0.1) is 0 Å². The quantitative estimate of drug-likeness (QED) is 0.858. The van der Waals surface area contributed by atoms with Crippen LogP contribution in [0.4, 0.5) is 10.5 Å². The summed E-state index contributed by atoms with van der Waals surface area (Å²) in [6.45, 7) is 2.57. The van der Waals surface area contributed by atoms with Crippen molar-refractivity contribution in [1.82, 2.24) is 19.7 Å². The number of nitrogens with zero attached hydrogens (tertiary/aromatic N) is 4. The molecule has 0 spiro atoms. The first-order valence-corrected chi connectivity index (χ1v) is 9.04. The molecule has 0 unspecified atom stereocenters. The Kier molecular flexibility index (Phi) is 4.29. The van der Waals surface area contributed by atoms with Crippen LogP contribution in [0.5, 0.6) is 0 Å². The lowest BCUT2D eigenvalue weighted by molar-refractivity contribution is 0.246. The molecule has 3 heterocycles. The van der Waals surface area contributed by atoms with Crippen LogP contribution in [0.15, 0.2) is 29.1 Å². The van der Waals surface area contributed by atoms with Crippen molar-refractivity contribution in [2.45, 2.75) is 45.2 Å². The predicted octanol–water partition coefficient (Wildman–Crippen LogP) is 1.54. The Morgan fingerprint density at radius 1 is 1.16 bits per heavy atom. The highest BCUT2D eigenvalue weighted by Gasteiger charge is 2.23. The monoisotopic (exact) mass is 341 g/mol. The van der Waals surface area contributed by atoms with Crippen LogP contribution in [-0.2, 0) is 25.9 Å². The first kappa shape index (κ1) is 15.9. The van der Waals surface area contributed by atoms with E-state index in [-0.39, 0.29) is 11.7 Å². The molecule has 1 N–H and O–H groups in total. The number of amides is 2. The van der Waals surface area contributed by atoms with Gasteiger partial charge in [0.05, 0.1) is 0 Å². The second kappa shape index (κ2) is 6.74. The van der Waals surface area contributed by atoms with Gasteiger partial charge in [-0.25, -0.2) is 14.3 Å². The molecule has 0 bridgehead atoms. The van der Waals surface area contributed by atoms with E-state index in [2.05, 4.69) is 16.5 Å². The maximum absolute atomic E-state index is 12.4. The first-order chi connectivity index (χ1) is 12.2. The van der Waals surface area contributed by atoms with Crippen LogP contribution in [0.2, 0.25) is 0 Å². The minimum atomic E-state index is -0.0681. The molecule has 25 heavy (non-hydrogen) atoms. The van der Waals surface area contributed by atoms with E-state index < -0.39 is 0 Å². The van der Waals surface area contributed by atoms with Gasteiger partial charge < -0.3 is 5.32 Å². The Balaban J connectivity index is 1.30. The molecule has 1 aromatic heterocycles. The molecule has 1 aromatic carbocycles. The molecule has 0 radical (unpaired) electrons. The van der Waals surface area contributed by atoms with Gasteiger partial charge in [-0.05, 0) is 37.3 Å². The van der Waals surface area contributed by atoms with Gasteiger partial charge in [0.15, 0.2) is 0 Å². The maximum atomic E-state index is 12.4. The summed E-state index contributed by atoms with van der Waals surface area (Å²) in [5.41, 5.74) is 2.19. The average Bonchev–Trinajstić information content (AvgIpc) is 3.21. The van der Waals surface area contributed by atoms with Gasteiger partial charge in [-0.15, -0.1) is 0 Å². The summed E-state index contributed by atoms with van der Waals surface area (Å²) >= 11 is 0. The Morgan fingerprint density at radius 2 is 2.04 bits per heavy atom. The van der Waals surface area contributed by atoms with E-state index in [1.54, 1.807) is 9.47 Å². The summed E-state index contributed by atoms with van der Waals surface area (Å²) in [5, 5.41) is 7.37. The number of carbonyl (C=O) groups is 1. The van der Waals surface area contributed by atoms with E-state index in [0.717, 1.165) is 50.3 Å². The lowest BCUT2D eigenvalue weighted by Crippen LogP contribution is -2.39. The fourth-order valence-electron chi connectivity index (χ4n) is 3.66. The molecular formula is C18H23N5O2. The van der Waals surface area contributed by atoms with E-state index in [9.17, 15) is 9.59 Å². The predicted molar refractivity (Wildman–Crippen MR) is 94.9 cm³/mol. The van der Waals surface area contributed by atoms with Crippen LogP contribution in [0.1, 0.15) is 30.7 Å². The van der Waals surface area contributed by atoms with E-state index in [1.807, 2.05) is 18.2 Å². The molecule has 2 aromatic rings. The minimum absolute atomic E-state index is 0.0190. The van der Waals surface area contributed by atoms with Crippen LogP contribution < -0.4 is 15.9 Å². The number of benzene rings is 1. The molecule has 0 saturated heterocycles. The van der Waals surface area contributed by atoms with Crippen molar-refractivity contribution in [2.75, 3.05) is 18.0 Å². The molecule has 0 aliphatic carbocycles. The number of urea groups is 1. The molecule has 0 fully saturated rings. The molecule has 7 nitrogen and oxygen atoms in total. The molecule has 2 aliphatic rings. The Labute approximate surface area is 146 Å². The molecular weight excluding hydrogens is 318 g/mol. The zero-order valence-corrected chi connectivity index (χ0v) is 14.3. The number of para-hydroxylation sites is 1. The molecule has 132 valence electrons. The third-order valence-electron chi connectivity index (χ3n) is 4.99. The molecule has 2 amide bonds. The second-order valence-corrected chi connectivity index (χ2v) is 6.65. The highest BCUT2D eigenvalue weighted by molar-refractivity contribution is 5.94. The van der Waals surface area contributed by atoms with Crippen molar-refractivity contribution in [3.8, 4) is 0 Å². The lowest BCUT2D eigenvalue weighted by Gasteiger charge is -2.18. The number of rotatable bonds is 4. The molecule has 4 rings (SSSR count). The molecule has 2 aliphatic heterocycles. The van der Waals surface area contributed by atoms with Crippen LogP contribution in [-0.4, -0.2) is 33.5 Å². The third-order valence-corrected chi connectivity index (χ3v) is 4.99. The summed E-state index contributed by atoms with van der Waals surface area (Å²) in [5.74, 6) is 0.897. The van der Waals surface area contributed by atoms with Crippen molar-refractivity contribution in [3.05, 3.63) is 46.1 Å². The zero-order valence-electron chi connectivity index (χ0n) is 14.3. The summed E-state index contributed by atoms with van der Waals surface area (Å²) in [4.78, 5) is 26.4. The van der Waals surface area contributed by atoms with E-state index >= 15 is 0 Å². The van der Waals surface area contributed by atoms with Crippen molar-refractivity contribution < 1.29 is 4.79 Å². The second-order valence-electron chi connectivity index (χ2n) is 6.65. The SMILES string of the molecule is O=C(NCCCn1nc2n(c1=O)CCCC2)N1CCc2ccccc21. The summed E-state index contributed by atoms with van der Waals surface area (Å²) < 4.78 is 3.32. The van der Waals surface area contributed by atoms with Crippen LogP contribution in [0.25, 0.3) is 0 Å². The van der Waals surface area contributed by atoms with E-state index in [4.69, 9.17) is 0 Å². The number of anilines is 1. The molecule has 0 saturated carbocycles. The number of hydrogen-bond donors (Lipinski definition) is 1. The van der Waals surface area contributed by atoms with Gasteiger partial charge in [-0.1, -0.05) is 18.2 Å². The third kappa shape index (κ3) is 3.06. The smallest absolute Gasteiger partial charge is 0.338 e. The van der Waals surface area contributed by atoms with Gasteiger partial charge in [0.25, 0.3) is 0 Å². The fourth-order valence-corrected chi connectivity index (χ4v) is 3.66. The molecule has 7 heteroatoms. The number of fused-ring (bicyclic) bond motifs is 2. The summed E-state index contributed by atoms with van der Waals surface area (Å²) in [6, 6.07) is 7.94. The first-order valence-electron chi connectivity index (χ1n) is 9.04. The topological polar surface area (TPSA) is 72.2 Å². The van der Waals surface area contributed by atoms with Crippen molar-refractivity contribution in [2.24, 2.45) is 0 Å². The van der Waals surface area contributed by atoms with Crippen molar-refractivity contribution >= 4 is 11.7 Å². The number of aromatic nitrogens is 3. The van der Waals surface area contributed by atoms with E-state index in [1.165, 1.54) is 10.2 Å². The van der Waals surface area contributed by atoms with Gasteiger partial charge in [0.1, 0.15) is 5.82 Å². The highest BCUT2D eigenvalue weighted by atomic mass is 16.2. The molecule has 0 atom stereocenters. The standard InChI is InChI=1S/C18H23N5O2/c24-17(21-13-9-14-6-1-2-7-15(14)21)19-10-5-12-23-18(25)22-11-4-3-8-16(22)20-23/h1-2,6-7H,3-5,8-13H2,(H,19,24). The van der Waals surface area contributed by atoms with Crippen LogP contribution in [0.3, 0.4) is 0 Å². The summed E-state index contributed by atoms with van der Waals surface area (Å²) in [7, 11) is 0. The summed E-state index contributed by atoms with van der Waals surface area (Å²) in [6.07, 6.45) is 4.62. The zero-order chi connectivity index (χ0) is 17.2. The van der Waals surface area contributed by atoms with Gasteiger partial charge in [-0.3, -0.25) is 9.47 Å². The van der Waals surface area contributed by atoms with Gasteiger partial charge in [0, 0.05) is 38.3 Å². The average molecular weight is 341 g/mol. The number of hydrogen-bond acceptors (Lipinski definition) is 3. The van der Waals surface area contributed by atoms with Gasteiger partial charge in [0.2, 0.25) is 0 Å². The number of nitrogens with one attached hydrogen (secondary N) is 1. The van der Waals surface area contributed by atoms with Crippen molar-refractivity contribution in [3.63, 3.8) is 0 Å². The Morgan fingerprint density at radius 3 is 2.92 bits per heavy atom. The van der Waals surface area contributed by atoms with Gasteiger partial charge in [-0.2, -0.15) is 5.10 Å². The number of carbonyl (C=O) groups excluding carboxylic acids is 1. The maximum Gasteiger partial charge on any atom is 0.345 e. The largest absolute Gasteiger partial charge is 0.345 e. The highest BCUT2D eigenvalue weighted by Crippen LogP contribution is 2.27. The normalized spacial score (nSPS) is 15.8. The Bertz CT molecular complexity index is 838. The van der Waals surface area contributed by atoms with Gasteiger partial charge >= 0.3 is 11.7 Å². The minimum Gasteiger partial charge on any atom is -0.338 e. The number of aryl methyl sites for hydroxylation is 2. The van der Waals surface area contributed by atoms with Crippen molar-refractivity contribution in [1.29, 1.82) is 0 Å².